The molecule has 27 heavy (non-hydrogen) atoms. The second-order valence-corrected chi connectivity index (χ2v) is 6.64. The van der Waals surface area contributed by atoms with Crippen LogP contribution in [0.4, 0.5) is 5.82 Å². The first-order valence-electron chi connectivity index (χ1n) is 8.20. The third-order valence-electron chi connectivity index (χ3n) is 3.73. The van der Waals surface area contributed by atoms with Gasteiger partial charge < -0.3 is 14.5 Å². The van der Waals surface area contributed by atoms with Crippen molar-refractivity contribution >= 4 is 29.5 Å². The SMILES string of the molecule is COC(=O)CSc1nc(NC(=O)c2ccc(C)cc2)c(-c2ccccc2)o1. The molecule has 0 saturated heterocycles. The fraction of sp³-hybridized carbons (Fsp3) is 0.150. The number of methoxy groups -OCH3 is 1. The molecule has 0 saturated carbocycles. The number of aromatic nitrogens is 1. The Morgan fingerprint density at radius 2 is 1.81 bits per heavy atom. The lowest BCUT2D eigenvalue weighted by Crippen LogP contribution is -2.12. The largest absolute Gasteiger partial charge is 0.468 e. The molecule has 138 valence electrons. The highest BCUT2D eigenvalue weighted by Crippen LogP contribution is 2.33. The summed E-state index contributed by atoms with van der Waals surface area (Å²) >= 11 is 1.10. The standard InChI is InChI=1S/C20H18N2O4S/c1-13-8-10-15(11-9-13)19(24)21-18-17(14-6-4-3-5-7-14)26-20(22-18)27-12-16(23)25-2/h3-11H,12H2,1-2H3,(H,21,24). The van der Waals surface area contributed by atoms with E-state index >= 15 is 0 Å². The number of oxazole rings is 1. The first-order chi connectivity index (χ1) is 13.1. The Hall–Kier alpha value is -3.06. The fourth-order valence-corrected chi connectivity index (χ4v) is 2.95. The number of hydrogen-bond donors (Lipinski definition) is 1. The topological polar surface area (TPSA) is 81.4 Å². The van der Waals surface area contributed by atoms with Crippen molar-refractivity contribution in [3.8, 4) is 11.3 Å². The molecule has 3 rings (SSSR count). The molecule has 0 aliphatic rings. The van der Waals surface area contributed by atoms with E-state index < -0.39 is 0 Å². The lowest BCUT2D eigenvalue weighted by molar-refractivity contribution is -0.137. The van der Waals surface area contributed by atoms with Gasteiger partial charge in [0.15, 0.2) is 11.6 Å². The first-order valence-corrected chi connectivity index (χ1v) is 9.19. The van der Waals surface area contributed by atoms with E-state index in [1.54, 1.807) is 12.1 Å². The third-order valence-corrected chi connectivity index (χ3v) is 4.53. The number of carbonyl (C=O) groups excluding carboxylic acids is 2. The minimum absolute atomic E-state index is 0.0661. The Kier molecular flexibility index (Phi) is 5.93. The van der Waals surface area contributed by atoms with Crippen LogP contribution < -0.4 is 5.32 Å². The Labute approximate surface area is 160 Å². The molecule has 0 aliphatic heterocycles. The number of rotatable bonds is 6. The monoisotopic (exact) mass is 382 g/mol. The van der Waals surface area contributed by atoms with Crippen LogP contribution in [0.15, 0.2) is 64.2 Å². The zero-order valence-electron chi connectivity index (χ0n) is 14.9. The number of amides is 1. The van der Waals surface area contributed by atoms with Gasteiger partial charge in [-0.1, -0.05) is 59.8 Å². The number of thioether (sulfide) groups is 1. The van der Waals surface area contributed by atoms with Crippen molar-refractivity contribution in [3.63, 3.8) is 0 Å². The predicted octanol–water partition coefficient (Wildman–Crippen LogP) is 4.17. The number of carbonyl (C=O) groups is 2. The highest BCUT2D eigenvalue weighted by Gasteiger charge is 2.19. The maximum atomic E-state index is 12.6. The van der Waals surface area contributed by atoms with E-state index in [0.29, 0.717) is 17.1 Å². The molecule has 2 aromatic carbocycles. The number of ether oxygens (including phenoxy) is 1. The smallest absolute Gasteiger partial charge is 0.316 e. The van der Waals surface area contributed by atoms with Crippen molar-refractivity contribution in [2.45, 2.75) is 12.1 Å². The van der Waals surface area contributed by atoms with Crippen molar-refractivity contribution in [2.24, 2.45) is 0 Å². The second kappa shape index (κ2) is 8.55. The molecular weight excluding hydrogens is 364 g/mol. The Bertz CT molecular complexity index is 936. The van der Waals surface area contributed by atoms with Gasteiger partial charge in [0.2, 0.25) is 0 Å². The number of benzene rings is 2. The zero-order chi connectivity index (χ0) is 19.2. The number of nitrogens with one attached hydrogen (secondary N) is 1. The molecule has 0 fully saturated rings. The quantitative estimate of drug-likeness (QED) is 0.509. The van der Waals surface area contributed by atoms with E-state index in [-0.39, 0.29) is 22.9 Å². The van der Waals surface area contributed by atoms with E-state index in [4.69, 9.17) is 4.42 Å². The molecule has 1 heterocycles. The second-order valence-electron chi connectivity index (χ2n) is 5.71. The van der Waals surface area contributed by atoms with Gasteiger partial charge in [0.25, 0.3) is 11.1 Å². The summed E-state index contributed by atoms with van der Waals surface area (Å²) in [6.07, 6.45) is 0. The van der Waals surface area contributed by atoms with E-state index in [1.807, 2.05) is 49.4 Å². The van der Waals surface area contributed by atoms with Crippen LogP contribution in [0, 0.1) is 6.92 Å². The van der Waals surface area contributed by atoms with E-state index in [1.165, 1.54) is 7.11 Å². The van der Waals surface area contributed by atoms with Crippen LogP contribution in [0.2, 0.25) is 0 Å². The molecule has 7 heteroatoms. The summed E-state index contributed by atoms with van der Waals surface area (Å²) in [6, 6.07) is 16.6. The summed E-state index contributed by atoms with van der Waals surface area (Å²) in [4.78, 5) is 28.2. The maximum Gasteiger partial charge on any atom is 0.316 e. The summed E-state index contributed by atoms with van der Waals surface area (Å²) < 4.78 is 10.4. The summed E-state index contributed by atoms with van der Waals surface area (Å²) in [6.45, 7) is 1.96. The van der Waals surface area contributed by atoms with Crippen molar-refractivity contribution in [2.75, 3.05) is 18.2 Å². The molecule has 0 unspecified atom stereocenters. The minimum Gasteiger partial charge on any atom is -0.468 e. The predicted molar refractivity (Wildman–Crippen MR) is 104 cm³/mol. The van der Waals surface area contributed by atoms with Gasteiger partial charge in [-0.3, -0.25) is 9.59 Å². The summed E-state index contributed by atoms with van der Waals surface area (Å²) in [5.41, 5.74) is 2.36. The molecule has 0 radical (unpaired) electrons. The minimum atomic E-state index is -0.385. The van der Waals surface area contributed by atoms with Gasteiger partial charge in [-0.15, -0.1) is 0 Å². The van der Waals surface area contributed by atoms with Gasteiger partial charge in [0, 0.05) is 11.1 Å². The molecule has 1 amide bonds. The lowest BCUT2D eigenvalue weighted by Gasteiger charge is -2.04. The fourth-order valence-electron chi connectivity index (χ4n) is 2.30. The molecule has 0 bridgehead atoms. The molecule has 0 spiro atoms. The Morgan fingerprint density at radius 3 is 2.48 bits per heavy atom. The lowest BCUT2D eigenvalue weighted by atomic mass is 10.1. The van der Waals surface area contributed by atoms with Crippen LogP contribution in [0.1, 0.15) is 15.9 Å². The molecule has 1 N–H and O–H groups in total. The summed E-state index contributed by atoms with van der Waals surface area (Å²) in [5, 5.41) is 3.07. The summed E-state index contributed by atoms with van der Waals surface area (Å²) in [7, 11) is 1.32. The number of aryl methyl sites for hydroxylation is 1. The Morgan fingerprint density at radius 1 is 1.11 bits per heavy atom. The third kappa shape index (κ3) is 4.77. The molecule has 0 aliphatic carbocycles. The summed E-state index contributed by atoms with van der Waals surface area (Å²) in [5.74, 6) is 0.133. The molecule has 6 nitrogen and oxygen atoms in total. The van der Waals surface area contributed by atoms with Crippen LogP contribution in [0.3, 0.4) is 0 Å². The maximum absolute atomic E-state index is 12.6. The number of hydrogen-bond acceptors (Lipinski definition) is 6. The van der Waals surface area contributed by atoms with Crippen LogP contribution in [0.25, 0.3) is 11.3 Å². The average molecular weight is 382 g/mol. The first kappa shape index (κ1) is 18.7. The molecular formula is C20H18N2O4S. The van der Waals surface area contributed by atoms with Gasteiger partial charge in [0.05, 0.1) is 7.11 Å². The van der Waals surface area contributed by atoms with Crippen LogP contribution in [-0.2, 0) is 9.53 Å². The highest BCUT2D eigenvalue weighted by atomic mass is 32.2. The molecule has 1 aromatic heterocycles. The van der Waals surface area contributed by atoms with E-state index in [0.717, 1.165) is 22.9 Å². The van der Waals surface area contributed by atoms with Crippen LogP contribution in [-0.4, -0.2) is 29.7 Å². The van der Waals surface area contributed by atoms with Gasteiger partial charge >= 0.3 is 5.97 Å². The van der Waals surface area contributed by atoms with E-state index in [2.05, 4.69) is 15.0 Å². The van der Waals surface area contributed by atoms with Crippen molar-refractivity contribution < 1.29 is 18.7 Å². The normalized spacial score (nSPS) is 10.4. The average Bonchev–Trinajstić information content (AvgIpc) is 3.10. The van der Waals surface area contributed by atoms with E-state index in [9.17, 15) is 9.59 Å². The molecule has 3 aromatic rings. The number of esters is 1. The van der Waals surface area contributed by atoms with Crippen molar-refractivity contribution in [1.82, 2.24) is 4.98 Å². The zero-order valence-corrected chi connectivity index (χ0v) is 15.7. The van der Waals surface area contributed by atoms with Crippen molar-refractivity contribution in [3.05, 3.63) is 65.7 Å². The Balaban J connectivity index is 1.87. The van der Waals surface area contributed by atoms with Crippen LogP contribution >= 0.6 is 11.8 Å². The van der Waals surface area contributed by atoms with Crippen LogP contribution in [0.5, 0.6) is 0 Å². The highest BCUT2D eigenvalue weighted by molar-refractivity contribution is 7.99. The van der Waals surface area contributed by atoms with Gasteiger partial charge in [-0.25, -0.2) is 0 Å². The van der Waals surface area contributed by atoms with Gasteiger partial charge in [0.1, 0.15) is 5.75 Å². The van der Waals surface area contributed by atoms with Gasteiger partial charge in [-0.05, 0) is 19.1 Å². The number of anilines is 1. The van der Waals surface area contributed by atoms with Crippen molar-refractivity contribution in [1.29, 1.82) is 0 Å². The van der Waals surface area contributed by atoms with Gasteiger partial charge in [-0.2, -0.15) is 4.98 Å². The number of nitrogens with zero attached hydrogens (tertiary/aromatic N) is 1. The molecule has 0 atom stereocenters.